The first-order chi connectivity index (χ1) is 17.2. The first kappa shape index (κ1) is 28.2. The molecule has 2 aromatic carbocycles. The maximum atomic E-state index is 13.1. The molecular weight excluding hydrogens is 471 g/mol. The Morgan fingerprint density at radius 3 is 2.72 bits per heavy atom. The molecule has 3 atom stereocenters. The highest BCUT2D eigenvalue weighted by molar-refractivity contribution is 5.69. The number of benzene rings is 2. The number of carbonyl (C=O) groups excluding carboxylic acids is 1. The van der Waals surface area contributed by atoms with Crippen molar-refractivity contribution in [2.24, 2.45) is 0 Å². The molecule has 0 saturated carbocycles. The van der Waals surface area contributed by atoms with Crippen LogP contribution >= 0.6 is 0 Å². The zero-order chi connectivity index (χ0) is 26.1. The van der Waals surface area contributed by atoms with E-state index in [0.29, 0.717) is 38.0 Å². The molecule has 0 unspecified atom stereocenters. The molecular formula is C28H36F3NO4. The number of hydrogen-bond donors (Lipinski definition) is 1. The lowest BCUT2D eigenvalue weighted by atomic mass is 9.99. The van der Waals surface area contributed by atoms with Crippen molar-refractivity contribution in [3.05, 3.63) is 70.8 Å². The van der Waals surface area contributed by atoms with Gasteiger partial charge in [0.2, 0.25) is 0 Å². The molecule has 5 nitrogen and oxygen atoms in total. The number of esters is 1. The zero-order valence-corrected chi connectivity index (χ0v) is 21.0. The molecule has 1 aliphatic heterocycles. The molecule has 0 bridgehead atoms. The molecule has 1 heterocycles. The summed E-state index contributed by atoms with van der Waals surface area (Å²) >= 11 is 0. The lowest BCUT2D eigenvalue weighted by molar-refractivity contribution is -0.143. The number of alkyl halides is 3. The Morgan fingerprint density at radius 1 is 1.19 bits per heavy atom. The average molecular weight is 508 g/mol. The van der Waals surface area contributed by atoms with E-state index >= 15 is 0 Å². The quantitative estimate of drug-likeness (QED) is 0.393. The van der Waals surface area contributed by atoms with E-state index in [4.69, 9.17) is 9.47 Å². The molecule has 1 aliphatic rings. The van der Waals surface area contributed by atoms with Gasteiger partial charge in [0.1, 0.15) is 0 Å². The molecule has 1 N–H and O–H groups in total. The molecule has 0 amide bonds. The number of hydrogen-bond acceptors (Lipinski definition) is 5. The molecule has 8 heteroatoms. The molecule has 198 valence electrons. The van der Waals surface area contributed by atoms with E-state index in [2.05, 4.69) is 4.90 Å². The van der Waals surface area contributed by atoms with Crippen molar-refractivity contribution in [3.63, 3.8) is 0 Å². The van der Waals surface area contributed by atoms with Crippen LogP contribution in [0, 0.1) is 0 Å². The van der Waals surface area contributed by atoms with Crippen LogP contribution in [-0.2, 0) is 33.3 Å². The zero-order valence-electron chi connectivity index (χ0n) is 21.0. The van der Waals surface area contributed by atoms with Crippen molar-refractivity contribution in [3.8, 4) is 0 Å². The summed E-state index contributed by atoms with van der Waals surface area (Å²) in [5, 5.41) is 10.7. The average Bonchev–Trinajstić information content (AvgIpc) is 3.27. The maximum absolute atomic E-state index is 13.1. The molecule has 0 aliphatic carbocycles. The monoisotopic (exact) mass is 507 g/mol. The third-order valence-electron chi connectivity index (χ3n) is 6.61. The molecule has 2 aromatic rings. The van der Waals surface area contributed by atoms with Crippen molar-refractivity contribution < 1.29 is 32.5 Å². The minimum atomic E-state index is -4.35. The summed E-state index contributed by atoms with van der Waals surface area (Å²) in [5.41, 5.74) is 2.00. The number of ether oxygens (including phenoxy) is 2. The van der Waals surface area contributed by atoms with Gasteiger partial charge in [0.25, 0.3) is 0 Å². The van der Waals surface area contributed by atoms with Gasteiger partial charge in [0, 0.05) is 19.0 Å². The van der Waals surface area contributed by atoms with Crippen LogP contribution in [-0.4, -0.2) is 54.4 Å². The summed E-state index contributed by atoms with van der Waals surface area (Å²) in [6.45, 7) is 5.40. The summed E-state index contributed by atoms with van der Waals surface area (Å²) in [4.78, 5) is 13.9. The Morgan fingerprint density at radius 2 is 1.97 bits per heavy atom. The molecule has 1 fully saturated rings. The van der Waals surface area contributed by atoms with E-state index in [1.54, 1.807) is 13.0 Å². The first-order valence-electron chi connectivity index (χ1n) is 12.6. The Hall–Kier alpha value is -2.42. The van der Waals surface area contributed by atoms with E-state index in [1.165, 1.54) is 12.1 Å². The van der Waals surface area contributed by atoms with E-state index in [1.807, 2.05) is 31.2 Å². The number of aliphatic hydroxyl groups is 1. The normalized spacial score (nSPS) is 18.2. The Balaban J connectivity index is 1.51. The molecule has 0 radical (unpaired) electrons. The van der Waals surface area contributed by atoms with Gasteiger partial charge in [-0.1, -0.05) is 42.5 Å². The summed E-state index contributed by atoms with van der Waals surface area (Å²) in [6, 6.07) is 13.3. The number of likely N-dealkylation sites (tertiary alicyclic amines) is 1. The van der Waals surface area contributed by atoms with Crippen molar-refractivity contribution in [1.82, 2.24) is 4.90 Å². The summed E-state index contributed by atoms with van der Waals surface area (Å²) in [5.74, 6) is -0.235. The molecule has 3 rings (SSSR count). The smallest absolute Gasteiger partial charge is 0.416 e. The summed E-state index contributed by atoms with van der Waals surface area (Å²) < 4.78 is 50.2. The Kier molecular flexibility index (Phi) is 10.3. The summed E-state index contributed by atoms with van der Waals surface area (Å²) in [6.07, 6.45) is -2.15. The van der Waals surface area contributed by atoms with E-state index in [0.717, 1.165) is 36.6 Å². The predicted molar refractivity (Wildman–Crippen MR) is 132 cm³/mol. The predicted octanol–water partition coefficient (Wildman–Crippen LogP) is 5.35. The van der Waals surface area contributed by atoms with Gasteiger partial charge in [-0.25, -0.2) is 0 Å². The minimum absolute atomic E-state index is 0.0872. The number of halogens is 3. The van der Waals surface area contributed by atoms with E-state index < -0.39 is 17.8 Å². The van der Waals surface area contributed by atoms with Crippen LogP contribution in [0.15, 0.2) is 48.5 Å². The van der Waals surface area contributed by atoms with Crippen LogP contribution in [0.5, 0.6) is 0 Å². The molecule has 1 saturated heterocycles. The highest BCUT2D eigenvalue weighted by Crippen LogP contribution is 2.31. The molecule has 36 heavy (non-hydrogen) atoms. The maximum Gasteiger partial charge on any atom is 0.416 e. The van der Waals surface area contributed by atoms with E-state index in [9.17, 15) is 23.1 Å². The van der Waals surface area contributed by atoms with Gasteiger partial charge in [-0.15, -0.1) is 0 Å². The molecule has 0 spiro atoms. The summed E-state index contributed by atoms with van der Waals surface area (Å²) in [7, 11) is 0. The number of aliphatic hydroxyl groups excluding tert-OH is 1. The molecule has 0 aromatic heterocycles. The SMILES string of the molecule is CCOC(=O)CCc1ccccc1[C@@H](C)OC[C@H](O)CN1CCC[C@H]1Cc1cccc(C(F)(F)F)c1. The van der Waals surface area contributed by atoms with Crippen molar-refractivity contribution in [1.29, 1.82) is 0 Å². The van der Waals surface area contributed by atoms with Crippen LogP contribution in [0.3, 0.4) is 0 Å². The number of carbonyl (C=O) groups is 1. The van der Waals surface area contributed by atoms with Crippen molar-refractivity contribution >= 4 is 5.97 Å². The third kappa shape index (κ3) is 8.32. The van der Waals surface area contributed by atoms with Gasteiger partial charge in [0.15, 0.2) is 0 Å². The Bertz CT molecular complexity index is 981. The van der Waals surface area contributed by atoms with Crippen molar-refractivity contribution in [2.75, 3.05) is 26.3 Å². The minimum Gasteiger partial charge on any atom is -0.466 e. The largest absolute Gasteiger partial charge is 0.466 e. The highest BCUT2D eigenvalue weighted by atomic mass is 19.4. The van der Waals surface area contributed by atoms with Gasteiger partial charge in [-0.3, -0.25) is 9.69 Å². The van der Waals surface area contributed by atoms with Crippen LogP contribution < -0.4 is 0 Å². The number of nitrogens with zero attached hydrogens (tertiary/aromatic N) is 1. The first-order valence-corrected chi connectivity index (χ1v) is 12.6. The van der Waals surface area contributed by atoms with Crippen LogP contribution in [0.4, 0.5) is 13.2 Å². The third-order valence-corrected chi connectivity index (χ3v) is 6.61. The Labute approximate surface area is 211 Å². The van der Waals surface area contributed by atoms with Gasteiger partial charge in [-0.05, 0) is 68.8 Å². The van der Waals surface area contributed by atoms with Crippen molar-refractivity contribution in [2.45, 2.75) is 70.4 Å². The topological polar surface area (TPSA) is 59.0 Å². The van der Waals surface area contributed by atoms with Gasteiger partial charge in [-0.2, -0.15) is 13.2 Å². The fourth-order valence-electron chi connectivity index (χ4n) is 4.81. The van der Waals surface area contributed by atoms with Crippen LogP contribution in [0.2, 0.25) is 0 Å². The van der Waals surface area contributed by atoms with Gasteiger partial charge >= 0.3 is 12.1 Å². The number of β-amino-alcohol motifs (C(OH)–C–C–N with tert-alkyl or cyclic N) is 1. The van der Waals surface area contributed by atoms with Crippen LogP contribution in [0.25, 0.3) is 0 Å². The highest BCUT2D eigenvalue weighted by Gasteiger charge is 2.31. The van der Waals surface area contributed by atoms with Gasteiger partial charge in [0.05, 0.1) is 31.0 Å². The standard InChI is InChI=1S/C28H36F3NO4/c1-3-35-27(34)14-13-22-9-4-5-12-26(22)20(2)36-19-25(33)18-32-15-7-11-24(32)17-21-8-6-10-23(16-21)28(29,30)31/h4-6,8-10,12,16,20,24-25,33H,3,7,11,13-15,17-19H2,1-2H3/t20-,24+,25-/m1/s1. The number of rotatable bonds is 12. The van der Waals surface area contributed by atoms with E-state index in [-0.39, 0.29) is 24.7 Å². The lowest BCUT2D eigenvalue weighted by Crippen LogP contribution is -2.39. The fourth-order valence-corrected chi connectivity index (χ4v) is 4.81. The number of aryl methyl sites for hydroxylation is 1. The second-order valence-corrected chi connectivity index (χ2v) is 9.33. The van der Waals surface area contributed by atoms with Crippen LogP contribution in [0.1, 0.15) is 61.5 Å². The fraction of sp³-hybridized carbons (Fsp3) is 0.536. The second-order valence-electron chi connectivity index (χ2n) is 9.33. The second kappa shape index (κ2) is 13.2. The lowest BCUT2D eigenvalue weighted by Gasteiger charge is -2.28. The van der Waals surface area contributed by atoms with Gasteiger partial charge < -0.3 is 14.6 Å².